The summed E-state index contributed by atoms with van der Waals surface area (Å²) in [6.45, 7) is 6.58. The highest BCUT2D eigenvalue weighted by atomic mass is 16.6. The number of allylic oxidation sites excluding steroid dienone is 8. The fourth-order valence-electron chi connectivity index (χ4n) is 7.33. The molecule has 0 saturated carbocycles. The van der Waals surface area contributed by atoms with Crippen molar-refractivity contribution < 1.29 is 28.6 Å². The second kappa shape index (κ2) is 50.0. The first-order valence-corrected chi connectivity index (χ1v) is 26.1. The van der Waals surface area contributed by atoms with E-state index < -0.39 is 6.10 Å². The van der Waals surface area contributed by atoms with Gasteiger partial charge in [-0.1, -0.05) is 211 Å². The second-order valence-electron chi connectivity index (χ2n) is 17.4. The summed E-state index contributed by atoms with van der Waals surface area (Å²) in [7, 11) is 0. The molecule has 0 spiro atoms. The Bertz CT molecular complexity index is 1070. The SMILES string of the molecule is CCCCC/C=C\C/C=C\C/C=C\CCCCCCCCC(=O)OC[C@@H](COC(=O)CCCCCCCCCCCC)OC(=O)CCCCCCC/C=C\CCCCCCC. The highest BCUT2D eigenvalue weighted by Crippen LogP contribution is 2.14. The van der Waals surface area contributed by atoms with Crippen molar-refractivity contribution in [3.63, 3.8) is 0 Å². The van der Waals surface area contributed by atoms with Crippen LogP contribution < -0.4 is 0 Å². The minimum Gasteiger partial charge on any atom is -0.462 e. The highest BCUT2D eigenvalue weighted by Gasteiger charge is 2.19. The zero-order chi connectivity index (χ0) is 44.4. The Labute approximate surface area is 378 Å². The van der Waals surface area contributed by atoms with E-state index in [9.17, 15) is 14.4 Å². The Morgan fingerprint density at radius 3 is 0.967 bits per heavy atom. The van der Waals surface area contributed by atoms with E-state index in [4.69, 9.17) is 14.2 Å². The van der Waals surface area contributed by atoms with Crippen LogP contribution in [0.2, 0.25) is 0 Å². The van der Waals surface area contributed by atoms with Gasteiger partial charge in [0.05, 0.1) is 0 Å². The van der Waals surface area contributed by atoms with Gasteiger partial charge in [0.1, 0.15) is 13.2 Å². The monoisotopic (exact) mass is 855 g/mol. The normalized spacial score (nSPS) is 12.4. The third kappa shape index (κ3) is 48.3. The van der Waals surface area contributed by atoms with Crippen LogP contribution in [0, 0.1) is 0 Å². The van der Waals surface area contributed by atoms with Crippen molar-refractivity contribution in [2.45, 2.75) is 271 Å². The Morgan fingerprint density at radius 2 is 0.590 bits per heavy atom. The fraction of sp³-hybridized carbons (Fsp3) is 0.800. The van der Waals surface area contributed by atoms with Gasteiger partial charge in [-0.05, 0) is 83.5 Å². The largest absolute Gasteiger partial charge is 0.462 e. The fourth-order valence-corrected chi connectivity index (χ4v) is 7.33. The number of hydrogen-bond donors (Lipinski definition) is 0. The average Bonchev–Trinajstić information content (AvgIpc) is 3.26. The first-order chi connectivity index (χ1) is 30.0. The van der Waals surface area contributed by atoms with Crippen molar-refractivity contribution in [3.8, 4) is 0 Å². The third-order valence-electron chi connectivity index (χ3n) is 11.3. The number of hydrogen-bond acceptors (Lipinski definition) is 6. The van der Waals surface area contributed by atoms with Gasteiger partial charge in [0, 0.05) is 19.3 Å². The van der Waals surface area contributed by atoms with Crippen LogP contribution in [-0.2, 0) is 28.6 Å². The average molecular weight is 855 g/mol. The number of carbonyl (C=O) groups is 3. The lowest BCUT2D eigenvalue weighted by Gasteiger charge is -2.18. The van der Waals surface area contributed by atoms with Gasteiger partial charge in [-0.3, -0.25) is 14.4 Å². The number of ether oxygens (including phenoxy) is 3. The molecule has 354 valence electrons. The molecule has 0 aliphatic carbocycles. The quantitative estimate of drug-likeness (QED) is 0.0263. The number of esters is 3. The van der Waals surface area contributed by atoms with Crippen LogP contribution in [0.15, 0.2) is 48.6 Å². The van der Waals surface area contributed by atoms with Gasteiger partial charge in [-0.25, -0.2) is 0 Å². The van der Waals surface area contributed by atoms with Crippen LogP contribution in [0.4, 0.5) is 0 Å². The van der Waals surface area contributed by atoms with Crippen LogP contribution in [0.1, 0.15) is 265 Å². The molecule has 1 atom stereocenters. The molecule has 0 unspecified atom stereocenters. The Balaban J connectivity index is 4.35. The molecule has 0 aromatic carbocycles. The van der Waals surface area contributed by atoms with Gasteiger partial charge in [-0.2, -0.15) is 0 Å². The Morgan fingerprint density at radius 1 is 0.328 bits per heavy atom. The third-order valence-corrected chi connectivity index (χ3v) is 11.3. The van der Waals surface area contributed by atoms with Crippen molar-refractivity contribution in [1.29, 1.82) is 0 Å². The topological polar surface area (TPSA) is 78.9 Å². The minimum absolute atomic E-state index is 0.0788. The van der Waals surface area contributed by atoms with E-state index in [1.165, 1.54) is 135 Å². The summed E-state index contributed by atoms with van der Waals surface area (Å²) >= 11 is 0. The lowest BCUT2D eigenvalue weighted by molar-refractivity contribution is -0.167. The number of unbranched alkanes of at least 4 members (excludes halogenated alkanes) is 28. The summed E-state index contributed by atoms with van der Waals surface area (Å²) < 4.78 is 16.8. The lowest BCUT2D eigenvalue weighted by atomic mass is 10.1. The first-order valence-electron chi connectivity index (χ1n) is 26.1. The first kappa shape index (κ1) is 58.4. The van der Waals surface area contributed by atoms with Gasteiger partial charge in [-0.15, -0.1) is 0 Å². The van der Waals surface area contributed by atoms with Crippen LogP contribution in [0.3, 0.4) is 0 Å². The second-order valence-corrected chi connectivity index (χ2v) is 17.4. The molecule has 61 heavy (non-hydrogen) atoms. The van der Waals surface area contributed by atoms with E-state index in [1.54, 1.807) is 0 Å². The predicted molar refractivity (Wildman–Crippen MR) is 261 cm³/mol. The molecule has 0 aromatic rings. The summed E-state index contributed by atoms with van der Waals surface area (Å²) in [4.78, 5) is 37.9. The van der Waals surface area contributed by atoms with Crippen LogP contribution in [-0.4, -0.2) is 37.2 Å². The van der Waals surface area contributed by atoms with E-state index in [0.29, 0.717) is 19.3 Å². The van der Waals surface area contributed by atoms with Crippen LogP contribution >= 0.6 is 0 Å². The molecule has 6 heteroatoms. The van der Waals surface area contributed by atoms with Gasteiger partial charge >= 0.3 is 17.9 Å². The molecule has 0 radical (unpaired) electrons. The molecule has 0 bridgehead atoms. The van der Waals surface area contributed by atoms with Crippen molar-refractivity contribution in [1.82, 2.24) is 0 Å². The molecule has 6 nitrogen and oxygen atoms in total. The van der Waals surface area contributed by atoms with E-state index >= 15 is 0 Å². The molecule has 0 aromatic heterocycles. The standard InChI is InChI=1S/C55H98O6/c1-4-7-10-13-16-19-22-24-26-27-28-29-30-32-33-36-39-42-45-48-54(57)60-51-52(50-59-53(56)47-44-41-38-35-21-18-15-12-9-6-3)61-55(58)49-46-43-40-37-34-31-25-23-20-17-14-11-8-5-2/h16,19,23-26,28-29,52H,4-15,17-18,20-22,27,30-51H2,1-3H3/b19-16-,25-23-,26-24-,29-28-/t52-/m1/s1. The molecule has 0 N–H and O–H groups in total. The Hall–Kier alpha value is -2.63. The maximum atomic E-state index is 12.8. The van der Waals surface area contributed by atoms with Crippen LogP contribution in [0.5, 0.6) is 0 Å². The van der Waals surface area contributed by atoms with Gasteiger partial charge in [0.15, 0.2) is 6.10 Å². The molecule has 0 rings (SSSR count). The summed E-state index contributed by atoms with van der Waals surface area (Å²) in [5, 5.41) is 0. The smallest absolute Gasteiger partial charge is 0.306 e. The molecule has 0 aliphatic rings. The molecule has 0 fully saturated rings. The number of carbonyl (C=O) groups excluding carboxylic acids is 3. The van der Waals surface area contributed by atoms with Gasteiger partial charge < -0.3 is 14.2 Å². The van der Waals surface area contributed by atoms with E-state index in [0.717, 1.165) is 89.9 Å². The minimum atomic E-state index is -0.779. The summed E-state index contributed by atoms with van der Waals surface area (Å²) in [6.07, 6.45) is 59.5. The maximum Gasteiger partial charge on any atom is 0.306 e. The highest BCUT2D eigenvalue weighted by molar-refractivity contribution is 5.71. The van der Waals surface area contributed by atoms with Crippen molar-refractivity contribution in [2.24, 2.45) is 0 Å². The maximum absolute atomic E-state index is 12.8. The lowest BCUT2D eigenvalue weighted by Crippen LogP contribution is -2.30. The van der Waals surface area contributed by atoms with E-state index in [2.05, 4.69) is 69.4 Å². The predicted octanol–water partition coefficient (Wildman–Crippen LogP) is 17.1. The molecular weight excluding hydrogens is 757 g/mol. The van der Waals surface area contributed by atoms with E-state index in [1.807, 2.05) is 0 Å². The van der Waals surface area contributed by atoms with Crippen molar-refractivity contribution in [2.75, 3.05) is 13.2 Å². The Kier molecular flexibility index (Phi) is 47.9. The number of rotatable bonds is 47. The van der Waals surface area contributed by atoms with Crippen LogP contribution in [0.25, 0.3) is 0 Å². The molecule has 0 aliphatic heterocycles. The molecular formula is C55H98O6. The zero-order valence-electron chi connectivity index (χ0n) is 40.4. The summed E-state index contributed by atoms with van der Waals surface area (Å²) in [5.74, 6) is -0.895. The summed E-state index contributed by atoms with van der Waals surface area (Å²) in [6, 6.07) is 0. The van der Waals surface area contributed by atoms with Crippen molar-refractivity contribution >= 4 is 17.9 Å². The zero-order valence-corrected chi connectivity index (χ0v) is 40.4. The van der Waals surface area contributed by atoms with Gasteiger partial charge in [0.2, 0.25) is 0 Å². The molecule has 0 amide bonds. The molecule has 0 heterocycles. The molecule has 0 saturated heterocycles. The van der Waals surface area contributed by atoms with E-state index in [-0.39, 0.29) is 31.1 Å². The van der Waals surface area contributed by atoms with Gasteiger partial charge in [0.25, 0.3) is 0 Å². The van der Waals surface area contributed by atoms with Crippen molar-refractivity contribution in [3.05, 3.63) is 48.6 Å². The summed E-state index contributed by atoms with van der Waals surface area (Å²) in [5.41, 5.74) is 0.